The van der Waals surface area contributed by atoms with Crippen molar-refractivity contribution in [1.82, 2.24) is 16.0 Å². The van der Waals surface area contributed by atoms with Crippen LogP contribution in [-0.4, -0.2) is 44.7 Å². The van der Waals surface area contributed by atoms with Crippen molar-refractivity contribution in [2.24, 2.45) is 0 Å². The summed E-state index contributed by atoms with van der Waals surface area (Å²) in [6.45, 7) is 1.25. The van der Waals surface area contributed by atoms with Gasteiger partial charge in [-0.15, -0.1) is 0 Å². The van der Waals surface area contributed by atoms with E-state index in [4.69, 9.17) is 0 Å². The molecule has 7 heteroatoms. The summed E-state index contributed by atoms with van der Waals surface area (Å²) in [6, 6.07) is -1.31. The Morgan fingerprint density at radius 1 is 1.33 bits per heavy atom. The Bertz CT molecular complexity index is 254. The lowest BCUT2D eigenvalue weighted by molar-refractivity contribution is -0.144. The van der Waals surface area contributed by atoms with Crippen molar-refractivity contribution < 1.29 is 19.1 Å². The smallest absolute Gasteiger partial charge is 0.330 e. The average molecular weight is 217 g/mol. The van der Waals surface area contributed by atoms with E-state index in [0.717, 1.165) is 0 Å². The number of nitrogens with one attached hydrogen (secondary N) is 3. The van der Waals surface area contributed by atoms with Crippen LogP contribution in [0, 0.1) is 0 Å². The highest BCUT2D eigenvalue weighted by atomic mass is 16.5. The van der Waals surface area contributed by atoms with Gasteiger partial charge in [-0.05, 0) is 0 Å². The summed E-state index contributed by atoms with van der Waals surface area (Å²) in [7, 11) is 2.65. The molecule has 3 amide bonds. The Labute approximate surface area is 87.5 Å². The van der Waals surface area contributed by atoms with Gasteiger partial charge in [-0.25, -0.2) is 9.59 Å². The molecule has 0 saturated heterocycles. The summed E-state index contributed by atoms with van der Waals surface area (Å²) in [6.07, 6.45) is 0. The molecular weight excluding hydrogens is 202 g/mol. The Kier molecular flexibility index (Phi) is 5.84. The van der Waals surface area contributed by atoms with Crippen LogP contribution in [0.5, 0.6) is 0 Å². The van der Waals surface area contributed by atoms with E-state index in [-0.39, 0.29) is 12.5 Å². The van der Waals surface area contributed by atoms with Crippen LogP contribution in [0.25, 0.3) is 0 Å². The van der Waals surface area contributed by atoms with Crippen molar-refractivity contribution in [3.63, 3.8) is 0 Å². The molecule has 0 rings (SSSR count). The summed E-state index contributed by atoms with van der Waals surface area (Å²) in [4.78, 5) is 32.7. The fourth-order valence-corrected chi connectivity index (χ4v) is 0.864. The topological polar surface area (TPSA) is 96.5 Å². The van der Waals surface area contributed by atoms with Crippen molar-refractivity contribution in [2.45, 2.75) is 13.0 Å². The maximum atomic E-state index is 11.1. The highest BCUT2D eigenvalue weighted by Gasteiger charge is 2.20. The van der Waals surface area contributed by atoms with Crippen LogP contribution in [0.3, 0.4) is 0 Å². The predicted octanol–water partition coefficient (Wildman–Crippen LogP) is -1.41. The first-order valence-electron chi connectivity index (χ1n) is 4.31. The van der Waals surface area contributed by atoms with Crippen molar-refractivity contribution in [1.29, 1.82) is 0 Å². The van der Waals surface area contributed by atoms with Crippen LogP contribution in [-0.2, 0) is 14.3 Å². The Morgan fingerprint density at radius 2 is 1.93 bits per heavy atom. The molecule has 0 bridgehead atoms. The summed E-state index contributed by atoms with van der Waals surface area (Å²) in [5.74, 6) is -0.981. The standard InChI is InChI=1S/C8H15N3O4/c1-5(12)11-6(7(13)15-3)4-10-8(14)9-2/h6H,4H2,1-3H3,(H,11,12)(H2,9,10,14). The Morgan fingerprint density at radius 3 is 2.33 bits per heavy atom. The minimum absolute atomic E-state index is 0.0219. The van der Waals surface area contributed by atoms with Gasteiger partial charge in [0.25, 0.3) is 0 Å². The van der Waals surface area contributed by atoms with Crippen LogP contribution in [0.4, 0.5) is 4.79 Å². The minimum atomic E-state index is -0.871. The largest absolute Gasteiger partial charge is 0.467 e. The lowest BCUT2D eigenvalue weighted by Gasteiger charge is -2.15. The molecule has 1 unspecified atom stereocenters. The van der Waals surface area contributed by atoms with E-state index in [2.05, 4.69) is 20.7 Å². The van der Waals surface area contributed by atoms with E-state index in [1.54, 1.807) is 0 Å². The number of ether oxygens (including phenoxy) is 1. The second kappa shape index (κ2) is 6.63. The molecule has 15 heavy (non-hydrogen) atoms. The number of amides is 3. The average Bonchev–Trinajstić information content (AvgIpc) is 2.21. The molecule has 0 aromatic heterocycles. The monoisotopic (exact) mass is 217 g/mol. The van der Waals surface area contributed by atoms with Crippen LogP contribution in [0.2, 0.25) is 0 Å². The number of carbonyl (C=O) groups is 3. The zero-order valence-electron chi connectivity index (χ0n) is 8.92. The first-order chi connectivity index (χ1) is 7.01. The lowest BCUT2D eigenvalue weighted by Crippen LogP contribution is -2.49. The molecule has 0 aliphatic rings. The fraction of sp³-hybridized carbons (Fsp3) is 0.625. The molecule has 0 aliphatic carbocycles. The lowest BCUT2D eigenvalue weighted by atomic mass is 10.3. The highest BCUT2D eigenvalue weighted by molar-refractivity contribution is 5.84. The van der Waals surface area contributed by atoms with E-state index < -0.39 is 18.0 Å². The molecule has 0 aliphatic heterocycles. The van der Waals surface area contributed by atoms with Crippen LogP contribution in [0.1, 0.15) is 6.92 Å². The van der Waals surface area contributed by atoms with Crippen molar-refractivity contribution in [3.05, 3.63) is 0 Å². The zero-order chi connectivity index (χ0) is 11.8. The molecule has 3 N–H and O–H groups in total. The molecule has 0 saturated carbocycles. The van der Waals surface area contributed by atoms with E-state index in [1.165, 1.54) is 21.1 Å². The Hall–Kier alpha value is -1.79. The summed E-state index contributed by atoms with van der Waals surface area (Å²) < 4.78 is 4.45. The second-order valence-electron chi connectivity index (χ2n) is 2.74. The molecule has 0 fully saturated rings. The molecule has 0 aromatic carbocycles. The third-order valence-electron chi connectivity index (χ3n) is 1.56. The van der Waals surface area contributed by atoms with Gasteiger partial charge in [0.1, 0.15) is 6.04 Å². The van der Waals surface area contributed by atoms with E-state index in [0.29, 0.717) is 0 Å². The fourth-order valence-electron chi connectivity index (χ4n) is 0.864. The van der Waals surface area contributed by atoms with Gasteiger partial charge in [-0.2, -0.15) is 0 Å². The Balaban J connectivity index is 4.18. The molecule has 1 atom stereocenters. The number of esters is 1. The molecule has 0 heterocycles. The SMILES string of the molecule is CNC(=O)NCC(NC(C)=O)C(=O)OC. The van der Waals surface area contributed by atoms with E-state index >= 15 is 0 Å². The first kappa shape index (κ1) is 13.2. The molecular formula is C8H15N3O4. The maximum absolute atomic E-state index is 11.1. The molecule has 0 radical (unpaired) electrons. The number of rotatable bonds is 4. The molecule has 86 valence electrons. The number of carbonyl (C=O) groups excluding carboxylic acids is 3. The molecule has 0 aromatic rings. The van der Waals surface area contributed by atoms with Crippen molar-refractivity contribution in [2.75, 3.05) is 20.7 Å². The predicted molar refractivity (Wildman–Crippen MR) is 52.1 cm³/mol. The van der Waals surface area contributed by atoms with Gasteiger partial charge in [0.05, 0.1) is 13.7 Å². The zero-order valence-corrected chi connectivity index (χ0v) is 8.92. The minimum Gasteiger partial charge on any atom is -0.467 e. The number of methoxy groups -OCH3 is 1. The summed E-state index contributed by atoms with van der Waals surface area (Å²) >= 11 is 0. The molecule has 0 spiro atoms. The maximum Gasteiger partial charge on any atom is 0.330 e. The highest BCUT2D eigenvalue weighted by Crippen LogP contribution is 1.86. The van der Waals surface area contributed by atoms with Gasteiger partial charge < -0.3 is 20.7 Å². The van der Waals surface area contributed by atoms with Gasteiger partial charge in [-0.1, -0.05) is 0 Å². The van der Waals surface area contributed by atoms with Crippen molar-refractivity contribution >= 4 is 17.9 Å². The van der Waals surface area contributed by atoms with Gasteiger partial charge in [0, 0.05) is 14.0 Å². The third-order valence-corrected chi connectivity index (χ3v) is 1.56. The third kappa shape index (κ3) is 5.50. The van der Waals surface area contributed by atoms with Crippen LogP contribution in [0.15, 0.2) is 0 Å². The van der Waals surface area contributed by atoms with Gasteiger partial charge in [-0.3, -0.25) is 4.79 Å². The second-order valence-corrected chi connectivity index (χ2v) is 2.74. The van der Waals surface area contributed by atoms with E-state index in [1.807, 2.05) is 0 Å². The number of hydrogen-bond acceptors (Lipinski definition) is 4. The first-order valence-corrected chi connectivity index (χ1v) is 4.31. The van der Waals surface area contributed by atoms with E-state index in [9.17, 15) is 14.4 Å². The normalized spacial score (nSPS) is 11.1. The van der Waals surface area contributed by atoms with Gasteiger partial charge in [0.2, 0.25) is 5.91 Å². The van der Waals surface area contributed by atoms with Gasteiger partial charge >= 0.3 is 12.0 Å². The van der Waals surface area contributed by atoms with Crippen molar-refractivity contribution in [3.8, 4) is 0 Å². The number of hydrogen-bond donors (Lipinski definition) is 3. The summed E-state index contributed by atoms with van der Waals surface area (Å²) in [5.41, 5.74) is 0. The van der Waals surface area contributed by atoms with Gasteiger partial charge in [0.15, 0.2) is 0 Å². The number of urea groups is 1. The summed E-state index contributed by atoms with van der Waals surface area (Å²) in [5, 5.41) is 7.06. The quantitative estimate of drug-likeness (QED) is 0.504. The van der Waals surface area contributed by atoms with Crippen LogP contribution >= 0.6 is 0 Å². The molecule has 7 nitrogen and oxygen atoms in total. The van der Waals surface area contributed by atoms with Crippen LogP contribution < -0.4 is 16.0 Å².